The Balaban J connectivity index is -0.0000000492. The predicted octanol–water partition coefficient (Wildman–Crippen LogP) is 6.40. The summed E-state index contributed by atoms with van der Waals surface area (Å²) in [5.41, 5.74) is 0. The molecule has 0 amide bonds. The molecular formula is C24H51Cd3O3P. The minimum Gasteiger partial charge on any atom is -0.854 e. The topological polar surface area (TPSA) is 69.2 Å². The molecule has 0 aromatic heterocycles. The van der Waals surface area contributed by atoms with Crippen LogP contribution >= 0.6 is 8.60 Å². The first-order valence-corrected chi connectivity index (χ1v) is 12.6. The van der Waals surface area contributed by atoms with E-state index in [0.29, 0.717) is 17.8 Å². The van der Waals surface area contributed by atoms with E-state index in [2.05, 4.69) is 62.3 Å². The van der Waals surface area contributed by atoms with Crippen molar-refractivity contribution in [1.29, 1.82) is 0 Å². The van der Waals surface area contributed by atoms with Gasteiger partial charge in [-0.05, 0) is 0 Å². The molecule has 0 N–H and O–H groups in total. The van der Waals surface area contributed by atoms with Gasteiger partial charge in [0.1, 0.15) is 0 Å². The van der Waals surface area contributed by atoms with Crippen LogP contribution in [-0.2, 0) is 81.9 Å². The third kappa shape index (κ3) is 71.9. The molecule has 0 aromatic rings. The first-order valence-electron chi connectivity index (χ1n) is 11.5. The zero-order valence-electron chi connectivity index (χ0n) is 22.1. The van der Waals surface area contributed by atoms with Crippen molar-refractivity contribution in [3.8, 4) is 0 Å². The van der Waals surface area contributed by atoms with Gasteiger partial charge in [0.15, 0.2) is 0 Å². The van der Waals surface area contributed by atoms with Gasteiger partial charge in [0.25, 0.3) is 0 Å². The van der Waals surface area contributed by atoms with Gasteiger partial charge in [-0.15, -0.1) is 0 Å². The molecule has 3 atom stereocenters. The number of hydrogen-bond acceptors (Lipinski definition) is 3. The van der Waals surface area contributed by atoms with Crippen molar-refractivity contribution >= 4 is 8.60 Å². The Labute approximate surface area is 259 Å². The van der Waals surface area contributed by atoms with E-state index >= 15 is 0 Å². The van der Waals surface area contributed by atoms with Crippen molar-refractivity contribution < 1.29 is 96.6 Å². The minimum atomic E-state index is -3.37. The Kier molecular flexibility index (Phi) is 76.1. The van der Waals surface area contributed by atoms with Crippen molar-refractivity contribution in [2.75, 3.05) is 0 Å². The fourth-order valence-electron chi connectivity index (χ4n) is 2.09. The molecule has 0 aliphatic rings. The summed E-state index contributed by atoms with van der Waals surface area (Å²) in [6.07, 6.45) is 15.6. The Morgan fingerprint density at radius 2 is 0.677 bits per heavy atom. The van der Waals surface area contributed by atoms with Crippen LogP contribution in [0.5, 0.6) is 0 Å². The number of unbranched alkanes of at least 4 members (excludes halogenated alkanes) is 3. The molecule has 0 saturated heterocycles. The summed E-state index contributed by atoms with van der Waals surface area (Å²) in [7, 11) is -3.37. The summed E-state index contributed by atoms with van der Waals surface area (Å²) in [4.78, 5) is 25.4. The van der Waals surface area contributed by atoms with Gasteiger partial charge in [-0.25, -0.2) is 0 Å². The van der Waals surface area contributed by atoms with Gasteiger partial charge in [-0.1, -0.05) is 119 Å². The van der Waals surface area contributed by atoms with E-state index < -0.39 is 8.60 Å². The van der Waals surface area contributed by atoms with Crippen LogP contribution in [0.2, 0.25) is 0 Å². The molecule has 0 fully saturated rings. The fourth-order valence-corrected chi connectivity index (χ4v) is 2.09. The van der Waals surface area contributed by atoms with Crippen LogP contribution in [0.3, 0.4) is 0 Å². The fraction of sp³-hybridized carbons (Fsp3) is 0.875. The predicted molar refractivity (Wildman–Crippen MR) is 123 cm³/mol. The van der Waals surface area contributed by atoms with Crippen LogP contribution in [0.1, 0.15) is 119 Å². The molecule has 176 valence electrons. The average Bonchev–Trinajstić information content (AvgIpc) is 2.68. The van der Waals surface area contributed by atoms with Crippen molar-refractivity contribution in [3.05, 3.63) is 20.8 Å². The van der Waals surface area contributed by atoms with Crippen molar-refractivity contribution in [2.24, 2.45) is 17.8 Å². The number of hydrogen-bond donors (Lipinski definition) is 0. The molecule has 0 aromatic carbocycles. The molecule has 31 heavy (non-hydrogen) atoms. The van der Waals surface area contributed by atoms with Gasteiger partial charge in [-0.3, -0.25) is 0 Å². The maximum Gasteiger partial charge on any atom is 2.00 e. The molecule has 0 aliphatic carbocycles. The molecule has 7 heteroatoms. The second-order valence-corrected chi connectivity index (χ2v) is 7.92. The van der Waals surface area contributed by atoms with Crippen molar-refractivity contribution in [2.45, 2.75) is 119 Å². The summed E-state index contributed by atoms with van der Waals surface area (Å²) in [5, 5.41) is 0. The summed E-state index contributed by atoms with van der Waals surface area (Å²) >= 11 is 0. The molecule has 0 rings (SSSR count). The standard InChI is InChI=1S/3C8H17.3Cd.O3P/c3*1-4-6-7-8(3)5-2;;;;1-4(2)3/h3*8H,3-7H2,1-2H3;;;;/q3*-1;3*+2;-3. The van der Waals surface area contributed by atoms with E-state index in [9.17, 15) is 0 Å². The Bertz CT molecular complexity index is 216. The normalized spacial score (nSPS) is 11.9. The van der Waals surface area contributed by atoms with E-state index in [1.165, 1.54) is 77.0 Å². The van der Waals surface area contributed by atoms with E-state index in [-0.39, 0.29) is 81.9 Å². The van der Waals surface area contributed by atoms with Crippen LogP contribution in [-0.4, -0.2) is 0 Å². The molecule has 0 saturated carbocycles. The molecular weight excluding hydrogens is 704 g/mol. The molecule has 0 radical (unpaired) electrons. The average molecular weight is 756 g/mol. The second kappa shape index (κ2) is 46.4. The first kappa shape index (κ1) is 50.9. The van der Waals surface area contributed by atoms with Crippen LogP contribution < -0.4 is 14.7 Å². The third-order valence-electron chi connectivity index (χ3n) is 4.63. The second-order valence-electron chi connectivity index (χ2n) is 7.47. The Hall–Kier alpha value is 3.08. The molecule has 0 bridgehead atoms. The molecule has 0 spiro atoms. The van der Waals surface area contributed by atoms with Gasteiger partial charge >= 0.3 is 81.9 Å². The Morgan fingerprint density at radius 1 is 0.516 bits per heavy atom. The zero-order valence-corrected chi connectivity index (χ0v) is 35.1. The van der Waals surface area contributed by atoms with E-state index in [1.54, 1.807) is 0 Å². The molecule has 3 unspecified atom stereocenters. The van der Waals surface area contributed by atoms with E-state index in [4.69, 9.17) is 14.7 Å². The molecule has 0 aliphatic heterocycles. The monoisotopic (exact) mass is 760 g/mol. The van der Waals surface area contributed by atoms with Crippen molar-refractivity contribution in [3.63, 3.8) is 0 Å². The molecule has 0 heterocycles. The summed E-state index contributed by atoms with van der Waals surface area (Å²) in [5.74, 6) is 2.11. The largest absolute Gasteiger partial charge is 2.00 e. The minimum absolute atomic E-state index is 0. The smallest absolute Gasteiger partial charge is 0.854 e. The number of rotatable bonds is 12. The quantitative estimate of drug-likeness (QED) is 0.132. The summed E-state index contributed by atoms with van der Waals surface area (Å²) < 4.78 is 0. The van der Waals surface area contributed by atoms with Gasteiger partial charge in [-0.2, -0.15) is 17.8 Å². The Morgan fingerprint density at radius 3 is 0.774 bits per heavy atom. The maximum atomic E-state index is 8.48. The van der Waals surface area contributed by atoms with E-state index in [0.717, 1.165) is 0 Å². The first-order chi connectivity index (χ1) is 13.2. The summed E-state index contributed by atoms with van der Waals surface area (Å²) in [6, 6.07) is 0. The van der Waals surface area contributed by atoms with Gasteiger partial charge in [0.2, 0.25) is 0 Å². The zero-order chi connectivity index (χ0) is 22.8. The molecule has 3 nitrogen and oxygen atoms in total. The van der Waals surface area contributed by atoms with Crippen LogP contribution in [0, 0.1) is 38.5 Å². The van der Waals surface area contributed by atoms with Gasteiger partial charge in [0, 0.05) is 0 Å². The van der Waals surface area contributed by atoms with Crippen LogP contribution in [0.4, 0.5) is 0 Å². The van der Waals surface area contributed by atoms with Crippen molar-refractivity contribution in [1.82, 2.24) is 0 Å². The van der Waals surface area contributed by atoms with Gasteiger partial charge < -0.3 is 44.1 Å². The van der Waals surface area contributed by atoms with E-state index in [1.807, 2.05) is 0 Å². The third-order valence-corrected chi connectivity index (χ3v) is 4.63. The summed E-state index contributed by atoms with van der Waals surface area (Å²) in [6.45, 7) is 25.3. The van der Waals surface area contributed by atoms with Gasteiger partial charge in [0.05, 0.1) is 0 Å². The SMILES string of the molecule is [CH2-]C(CC)CCCC.[CH2-]C(CC)CCCC.[CH2-]C(CC)CCCC.[Cd+2].[Cd+2].[Cd+2].[O-]P([O-])[O-]. The maximum absolute atomic E-state index is 8.48. The van der Waals surface area contributed by atoms with Crippen LogP contribution in [0.15, 0.2) is 0 Å². The van der Waals surface area contributed by atoms with Crippen LogP contribution in [0.25, 0.3) is 0 Å².